The van der Waals surface area contributed by atoms with E-state index in [1.807, 2.05) is 38.1 Å². The predicted molar refractivity (Wildman–Crippen MR) is 191 cm³/mol. The second kappa shape index (κ2) is 16.0. The summed E-state index contributed by atoms with van der Waals surface area (Å²) in [6.07, 6.45) is 2.50. The summed E-state index contributed by atoms with van der Waals surface area (Å²) in [5, 5.41) is 13.0. The van der Waals surface area contributed by atoms with Gasteiger partial charge >= 0.3 is 5.97 Å². The maximum Gasteiger partial charge on any atom is 0.313 e. The fourth-order valence-electron chi connectivity index (χ4n) is 7.75. The molecule has 1 unspecified atom stereocenters. The molecule has 8 atom stereocenters. The summed E-state index contributed by atoms with van der Waals surface area (Å²) in [4.78, 5) is 59.1. The Kier molecular flexibility index (Phi) is 12.0. The van der Waals surface area contributed by atoms with Gasteiger partial charge in [0.2, 0.25) is 11.8 Å². The molecule has 2 N–H and O–H groups in total. The van der Waals surface area contributed by atoms with Crippen molar-refractivity contribution >= 4 is 45.3 Å². The van der Waals surface area contributed by atoms with E-state index in [9.17, 15) is 24.3 Å². The number of ether oxygens (including phenoxy) is 3. The van der Waals surface area contributed by atoms with Gasteiger partial charge in [-0.2, -0.15) is 0 Å². The highest BCUT2D eigenvalue weighted by molar-refractivity contribution is 9.09. The number of benzene rings is 2. The zero-order valence-corrected chi connectivity index (χ0v) is 30.3. The average Bonchev–Trinajstić information content (AvgIpc) is 3.69. The maximum absolute atomic E-state index is 14.8. The Morgan fingerprint density at radius 3 is 2.58 bits per heavy atom. The summed E-state index contributed by atoms with van der Waals surface area (Å²) in [5.74, 6) is -3.90. The molecule has 0 aliphatic carbocycles. The molecule has 3 amide bonds. The van der Waals surface area contributed by atoms with Crippen LogP contribution in [-0.4, -0.2) is 95.7 Å². The van der Waals surface area contributed by atoms with Gasteiger partial charge in [0.25, 0.3) is 5.91 Å². The molecule has 11 nitrogen and oxygen atoms in total. The number of fused-ring (bicyclic) bond motifs is 1. The average molecular weight is 753 g/mol. The molecule has 3 fully saturated rings. The fraction of sp³-hybridized carbons (Fsp3) is 0.474. The standard InChI is InChI=1S/C38H46BrN3O8/c1-6-8-14-29(44)40-27(22-48-5)32(25-12-10-9-11-13-25)49-37(47)30-31-35(45)42(18-19-43)34(38(31)21-26(39)33(30)50-38)36(46)41(17-7-2)28-20-23(3)15-16-24(28)4/h6-7,9-13,15-16,20,26-27,30-34,43H,1-2,8,14,17-19,21-22H2,3-5H3,(H,40,44)/t26?,27-,30-,31+,32-,33-,34-,38+/m0/s1. The monoisotopic (exact) mass is 751 g/mol. The van der Waals surface area contributed by atoms with Crippen LogP contribution in [0.3, 0.4) is 0 Å². The highest BCUT2D eigenvalue weighted by atomic mass is 79.9. The van der Waals surface area contributed by atoms with Crippen molar-refractivity contribution in [2.45, 2.75) is 67.8 Å². The maximum atomic E-state index is 14.8. The number of allylic oxidation sites excluding steroid dienone is 1. The Hall–Kier alpha value is -3.84. The normalized spacial score (nSPS) is 26.2. The minimum absolute atomic E-state index is 0.0446. The van der Waals surface area contributed by atoms with Crippen LogP contribution >= 0.6 is 15.9 Å². The number of hydrogen-bond acceptors (Lipinski definition) is 8. The lowest BCUT2D eigenvalue weighted by atomic mass is 9.70. The second-order valence-electron chi connectivity index (χ2n) is 13.2. The number of carbonyl (C=O) groups is 4. The van der Waals surface area contributed by atoms with Gasteiger partial charge in [-0.1, -0.05) is 70.5 Å². The van der Waals surface area contributed by atoms with Gasteiger partial charge in [0, 0.05) is 37.1 Å². The third-order valence-electron chi connectivity index (χ3n) is 9.87. The molecule has 12 heteroatoms. The van der Waals surface area contributed by atoms with Gasteiger partial charge in [0.15, 0.2) is 0 Å². The molecule has 3 aliphatic heterocycles. The number of nitrogens with zero attached hydrogens (tertiary/aromatic N) is 2. The van der Waals surface area contributed by atoms with Crippen molar-refractivity contribution < 1.29 is 38.5 Å². The Morgan fingerprint density at radius 1 is 1.18 bits per heavy atom. The van der Waals surface area contributed by atoms with Crippen LogP contribution in [0, 0.1) is 25.7 Å². The lowest BCUT2D eigenvalue weighted by Gasteiger charge is -2.37. The van der Waals surface area contributed by atoms with Gasteiger partial charge in [-0.05, 0) is 49.4 Å². The highest BCUT2D eigenvalue weighted by Gasteiger charge is 2.77. The molecule has 3 saturated heterocycles. The van der Waals surface area contributed by atoms with E-state index in [0.717, 1.165) is 11.1 Å². The summed E-state index contributed by atoms with van der Waals surface area (Å²) < 4.78 is 18.4. The highest BCUT2D eigenvalue weighted by Crippen LogP contribution is 2.60. The van der Waals surface area contributed by atoms with Crippen LogP contribution in [0.25, 0.3) is 0 Å². The quantitative estimate of drug-likeness (QED) is 0.150. The van der Waals surface area contributed by atoms with Crippen LogP contribution in [0.2, 0.25) is 0 Å². The number of esters is 1. The molecule has 3 heterocycles. The molecule has 0 radical (unpaired) electrons. The molecule has 50 heavy (non-hydrogen) atoms. The fourth-order valence-corrected chi connectivity index (χ4v) is 8.69. The largest absolute Gasteiger partial charge is 0.455 e. The summed E-state index contributed by atoms with van der Waals surface area (Å²) in [7, 11) is 1.49. The van der Waals surface area contributed by atoms with Gasteiger partial charge in [-0.15, -0.1) is 13.2 Å². The number of amides is 3. The Bertz CT molecular complexity index is 1600. The Morgan fingerprint density at radius 2 is 1.92 bits per heavy atom. The number of rotatable bonds is 16. The number of likely N-dealkylation sites (tertiary alicyclic amines) is 1. The van der Waals surface area contributed by atoms with E-state index in [1.54, 1.807) is 41.3 Å². The number of hydrogen-bond donors (Lipinski definition) is 2. The minimum atomic E-state index is -1.36. The Labute approximate surface area is 301 Å². The molecule has 2 aromatic carbocycles. The lowest BCUT2D eigenvalue weighted by molar-refractivity contribution is -0.163. The van der Waals surface area contributed by atoms with Crippen molar-refractivity contribution in [3.63, 3.8) is 0 Å². The van der Waals surface area contributed by atoms with Crippen LogP contribution in [-0.2, 0) is 33.4 Å². The molecule has 1 spiro atoms. The zero-order chi connectivity index (χ0) is 36.2. The molecule has 2 bridgehead atoms. The van der Waals surface area contributed by atoms with Gasteiger partial charge in [0.1, 0.15) is 17.7 Å². The third-order valence-corrected chi connectivity index (χ3v) is 10.7. The summed E-state index contributed by atoms with van der Waals surface area (Å²) >= 11 is 3.71. The van der Waals surface area contributed by atoms with Crippen molar-refractivity contribution in [2.24, 2.45) is 11.8 Å². The van der Waals surface area contributed by atoms with Crippen LogP contribution < -0.4 is 10.2 Å². The molecular formula is C38H46BrN3O8. The zero-order valence-electron chi connectivity index (χ0n) is 28.8. The molecule has 3 aliphatic rings. The van der Waals surface area contributed by atoms with Crippen molar-refractivity contribution in [2.75, 3.05) is 38.3 Å². The van der Waals surface area contributed by atoms with Crippen LogP contribution in [0.15, 0.2) is 73.8 Å². The first-order valence-electron chi connectivity index (χ1n) is 16.9. The molecule has 0 aromatic heterocycles. The van der Waals surface area contributed by atoms with Gasteiger partial charge in [-0.3, -0.25) is 19.2 Å². The number of alkyl halides is 1. The lowest BCUT2D eigenvalue weighted by Crippen LogP contribution is -2.57. The van der Waals surface area contributed by atoms with E-state index in [0.29, 0.717) is 24.1 Å². The summed E-state index contributed by atoms with van der Waals surface area (Å²) in [6, 6.07) is 13.0. The van der Waals surface area contributed by atoms with Gasteiger partial charge in [0.05, 0.1) is 37.2 Å². The molecule has 0 saturated carbocycles. The van der Waals surface area contributed by atoms with Gasteiger partial charge < -0.3 is 34.4 Å². The number of halogens is 1. The number of aliphatic hydroxyl groups is 1. The molecular weight excluding hydrogens is 706 g/mol. The predicted octanol–water partition coefficient (Wildman–Crippen LogP) is 3.94. The first kappa shape index (κ1) is 37.4. The van der Waals surface area contributed by atoms with E-state index in [-0.39, 0.29) is 49.4 Å². The second-order valence-corrected chi connectivity index (χ2v) is 14.3. The van der Waals surface area contributed by atoms with E-state index in [1.165, 1.54) is 12.0 Å². The van der Waals surface area contributed by atoms with E-state index < -0.39 is 53.6 Å². The first-order chi connectivity index (χ1) is 24.0. The number of methoxy groups -OCH3 is 1. The van der Waals surface area contributed by atoms with Crippen molar-refractivity contribution in [3.05, 3.63) is 90.5 Å². The first-order valence-corrected chi connectivity index (χ1v) is 17.8. The third kappa shape index (κ3) is 7.03. The Balaban J connectivity index is 1.52. The number of anilines is 1. The topological polar surface area (TPSA) is 135 Å². The number of aliphatic hydroxyl groups excluding tert-OH is 1. The summed E-state index contributed by atoms with van der Waals surface area (Å²) in [6.45, 7) is 11.1. The number of nitrogens with one attached hydrogen (secondary N) is 1. The minimum Gasteiger partial charge on any atom is -0.455 e. The molecule has 268 valence electrons. The van der Waals surface area contributed by atoms with Crippen molar-refractivity contribution in [1.82, 2.24) is 10.2 Å². The molecule has 5 rings (SSSR count). The van der Waals surface area contributed by atoms with E-state index in [2.05, 4.69) is 34.4 Å². The van der Waals surface area contributed by atoms with E-state index in [4.69, 9.17) is 14.2 Å². The van der Waals surface area contributed by atoms with Crippen LogP contribution in [0.5, 0.6) is 0 Å². The molecule has 2 aromatic rings. The van der Waals surface area contributed by atoms with Gasteiger partial charge in [-0.25, -0.2) is 0 Å². The van der Waals surface area contributed by atoms with E-state index >= 15 is 0 Å². The SMILES string of the molecule is C=CCCC(=O)N[C@@H](COC)[C@@H](OC(=O)[C@@H]1[C@H]2O[C@@]3(CC2Br)[C@H](C(=O)N(CC=C)c2cc(C)ccc2C)N(CCO)C(=O)[C@@H]13)c1ccccc1. The number of β-amino-alcohol motifs (C(OH)–C–C–N with tert-alkyl or cyclic N) is 1. The van der Waals surface area contributed by atoms with Crippen molar-refractivity contribution in [1.29, 1.82) is 0 Å². The smallest absolute Gasteiger partial charge is 0.313 e. The summed E-state index contributed by atoms with van der Waals surface area (Å²) in [5.41, 5.74) is 1.76. The van der Waals surface area contributed by atoms with Crippen molar-refractivity contribution in [3.8, 4) is 0 Å². The van der Waals surface area contributed by atoms with Crippen LogP contribution in [0.1, 0.15) is 42.1 Å². The number of aryl methyl sites for hydroxylation is 2. The van der Waals surface area contributed by atoms with Crippen LogP contribution in [0.4, 0.5) is 5.69 Å². The number of carbonyl (C=O) groups excluding carboxylic acids is 4.